The lowest BCUT2D eigenvalue weighted by atomic mass is 10.1. The molecule has 3 amide bonds. The van der Waals surface area contributed by atoms with Crippen LogP contribution in [0.5, 0.6) is 5.75 Å². The summed E-state index contributed by atoms with van der Waals surface area (Å²) < 4.78 is 18.7. The maximum Gasteiger partial charge on any atom is 0.293 e. The van der Waals surface area contributed by atoms with Gasteiger partial charge in [0.2, 0.25) is 0 Å². The molecule has 9 heteroatoms. The van der Waals surface area contributed by atoms with E-state index >= 15 is 0 Å². The van der Waals surface area contributed by atoms with E-state index in [1.165, 1.54) is 17.7 Å². The fourth-order valence-corrected chi connectivity index (χ4v) is 5.45. The summed E-state index contributed by atoms with van der Waals surface area (Å²) in [7, 11) is 1.65. The minimum atomic E-state index is -0.417. The highest BCUT2D eigenvalue weighted by atomic mass is 32.2. The second-order valence-electron chi connectivity index (χ2n) is 9.44. The van der Waals surface area contributed by atoms with Gasteiger partial charge in [-0.05, 0) is 70.9 Å². The molecule has 0 aromatic heterocycles. The molecule has 39 heavy (non-hydrogen) atoms. The van der Waals surface area contributed by atoms with Crippen LogP contribution in [-0.2, 0) is 17.9 Å². The Kier molecular flexibility index (Phi) is 8.09. The van der Waals surface area contributed by atoms with Crippen molar-refractivity contribution in [2.75, 3.05) is 33.3 Å². The lowest BCUT2D eigenvalue weighted by Gasteiger charge is -2.34. The predicted molar refractivity (Wildman–Crippen MR) is 149 cm³/mol. The summed E-state index contributed by atoms with van der Waals surface area (Å²) in [6.07, 6.45) is 1.64. The van der Waals surface area contributed by atoms with Crippen molar-refractivity contribution in [3.8, 4) is 5.75 Å². The molecule has 0 atom stereocenters. The second kappa shape index (κ2) is 11.8. The Morgan fingerprint density at radius 1 is 0.923 bits per heavy atom. The first-order valence-corrected chi connectivity index (χ1v) is 13.5. The number of piperazine rings is 1. The molecule has 0 radical (unpaired) electrons. The van der Waals surface area contributed by atoms with Crippen LogP contribution < -0.4 is 4.74 Å². The maximum atomic E-state index is 13.5. The van der Waals surface area contributed by atoms with Gasteiger partial charge in [0.1, 0.15) is 11.6 Å². The number of imide groups is 1. The van der Waals surface area contributed by atoms with E-state index in [9.17, 15) is 18.8 Å². The Labute approximate surface area is 230 Å². The van der Waals surface area contributed by atoms with Crippen molar-refractivity contribution in [3.63, 3.8) is 0 Å². The molecule has 2 fully saturated rings. The minimum Gasteiger partial charge on any atom is -0.497 e. The highest BCUT2D eigenvalue weighted by Crippen LogP contribution is 2.33. The van der Waals surface area contributed by atoms with Gasteiger partial charge in [-0.2, -0.15) is 0 Å². The smallest absolute Gasteiger partial charge is 0.293 e. The molecule has 2 aliphatic rings. The van der Waals surface area contributed by atoms with Crippen molar-refractivity contribution in [2.45, 2.75) is 13.1 Å². The van der Waals surface area contributed by atoms with Crippen molar-refractivity contribution in [1.29, 1.82) is 0 Å². The number of rotatable bonds is 7. The van der Waals surface area contributed by atoms with Crippen molar-refractivity contribution in [1.82, 2.24) is 14.7 Å². The monoisotopic (exact) mass is 545 g/mol. The summed E-state index contributed by atoms with van der Waals surface area (Å²) in [5.41, 5.74) is 3.04. The number of nitrogens with zero attached hydrogens (tertiary/aromatic N) is 3. The summed E-state index contributed by atoms with van der Waals surface area (Å²) in [5, 5.41) is -0.395. The van der Waals surface area contributed by atoms with Crippen LogP contribution in [0, 0.1) is 5.82 Å². The van der Waals surface area contributed by atoms with E-state index in [-0.39, 0.29) is 12.5 Å². The summed E-state index contributed by atoms with van der Waals surface area (Å²) in [6, 6.07) is 20.9. The topological polar surface area (TPSA) is 70.2 Å². The van der Waals surface area contributed by atoms with Crippen LogP contribution >= 0.6 is 11.8 Å². The Hall–Kier alpha value is -3.95. The number of halogens is 1. The van der Waals surface area contributed by atoms with Crippen molar-refractivity contribution >= 4 is 34.9 Å². The van der Waals surface area contributed by atoms with E-state index in [2.05, 4.69) is 17.0 Å². The molecular weight excluding hydrogens is 517 g/mol. The predicted octanol–water partition coefficient (Wildman–Crippen LogP) is 5.03. The molecule has 3 aromatic rings. The van der Waals surface area contributed by atoms with Gasteiger partial charge in [0.15, 0.2) is 0 Å². The number of hydrogen-bond donors (Lipinski definition) is 0. The zero-order valence-corrected chi connectivity index (χ0v) is 22.3. The van der Waals surface area contributed by atoms with Crippen LogP contribution in [0.1, 0.15) is 27.0 Å². The van der Waals surface area contributed by atoms with Crippen molar-refractivity contribution in [3.05, 3.63) is 106 Å². The molecule has 0 bridgehead atoms. The van der Waals surface area contributed by atoms with Gasteiger partial charge in [0.05, 0.1) is 18.6 Å². The Bertz CT molecular complexity index is 1400. The van der Waals surface area contributed by atoms with Gasteiger partial charge in [-0.3, -0.25) is 24.2 Å². The summed E-state index contributed by atoms with van der Waals surface area (Å²) in [6.45, 7) is 3.72. The number of thioether (sulfide) groups is 1. The molecule has 2 heterocycles. The molecular formula is C30H28FN3O4S. The zero-order valence-electron chi connectivity index (χ0n) is 21.5. The SMILES string of the molecule is COc1ccc(CN2CCN(C(=O)c3ccc(C=C4SC(=O)N(Cc5cccc(F)c5)C4=O)cc3)CC2)cc1. The Balaban J connectivity index is 1.16. The summed E-state index contributed by atoms with van der Waals surface area (Å²) in [4.78, 5) is 43.9. The van der Waals surface area contributed by atoms with Crippen LogP contribution in [-0.4, -0.2) is 65.0 Å². The van der Waals surface area contributed by atoms with Crippen LogP contribution in [0.4, 0.5) is 9.18 Å². The van der Waals surface area contributed by atoms with Crippen LogP contribution in [0.15, 0.2) is 77.7 Å². The highest BCUT2D eigenvalue weighted by molar-refractivity contribution is 8.18. The molecule has 2 saturated heterocycles. The molecule has 0 spiro atoms. The van der Waals surface area contributed by atoms with Gasteiger partial charge >= 0.3 is 0 Å². The van der Waals surface area contributed by atoms with Gasteiger partial charge in [-0.25, -0.2) is 4.39 Å². The first-order chi connectivity index (χ1) is 18.9. The van der Waals surface area contributed by atoms with Gasteiger partial charge in [0, 0.05) is 38.3 Å². The number of carbonyl (C=O) groups excluding carboxylic acids is 3. The number of carbonyl (C=O) groups is 3. The standard InChI is InChI=1S/C30H28FN3O4S/c1-38-26-11-7-22(8-12-26)19-32-13-15-33(16-14-32)28(35)24-9-5-21(6-10-24)18-27-29(36)34(30(37)39-27)20-23-3-2-4-25(31)17-23/h2-12,17-18H,13-16,19-20H2,1H3. The van der Waals surface area contributed by atoms with E-state index in [1.807, 2.05) is 17.0 Å². The number of amides is 3. The molecule has 3 aromatic carbocycles. The Morgan fingerprint density at radius 2 is 1.64 bits per heavy atom. The average molecular weight is 546 g/mol. The average Bonchev–Trinajstić information content (AvgIpc) is 3.21. The first-order valence-electron chi connectivity index (χ1n) is 12.6. The van der Waals surface area contributed by atoms with Gasteiger partial charge in [0.25, 0.3) is 17.1 Å². The fraction of sp³-hybridized carbons (Fsp3) is 0.233. The van der Waals surface area contributed by atoms with E-state index in [0.717, 1.165) is 42.0 Å². The lowest BCUT2D eigenvalue weighted by molar-refractivity contribution is -0.123. The molecule has 2 aliphatic heterocycles. The van der Waals surface area contributed by atoms with E-state index in [0.29, 0.717) is 34.7 Å². The van der Waals surface area contributed by atoms with E-state index in [4.69, 9.17) is 4.74 Å². The minimum absolute atomic E-state index is 0.0145. The number of methoxy groups -OCH3 is 1. The van der Waals surface area contributed by atoms with Crippen LogP contribution in [0.3, 0.4) is 0 Å². The molecule has 0 unspecified atom stereocenters. The number of benzene rings is 3. The van der Waals surface area contributed by atoms with Gasteiger partial charge in [-0.15, -0.1) is 0 Å². The molecule has 7 nitrogen and oxygen atoms in total. The lowest BCUT2D eigenvalue weighted by Crippen LogP contribution is -2.48. The summed E-state index contributed by atoms with van der Waals surface area (Å²) >= 11 is 0.854. The fourth-order valence-electron chi connectivity index (χ4n) is 4.61. The van der Waals surface area contributed by atoms with Crippen LogP contribution in [0.2, 0.25) is 0 Å². The summed E-state index contributed by atoms with van der Waals surface area (Å²) in [5.74, 6) is -0.0237. The normalized spacial score (nSPS) is 17.2. The molecule has 0 aliphatic carbocycles. The third kappa shape index (κ3) is 6.38. The zero-order chi connectivity index (χ0) is 27.4. The van der Waals surface area contributed by atoms with E-state index < -0.39 is 17.0 Å². The Morgan fingerprint density at radius 3 is 2.31 bits per heavy atom. The number of ether oxygens (including phenoxy) is 1. The third-order valence-electron chi connectivity index (χ3n) is 6.78. The van der Waals surface area contributed by atoms with Gasteiger partial charge in [-0.1, -0.05) is 36.4 Å². The second-order valence-corrected chi connectivity index (χ2v) is 10.4. The van der Waals surface area contributed by atoms with Gasteiger partial charge < -0.3 is 9.64 Å². The van der Waals surface area contributed by atoms with Crippen molar-refractivity contribution < 1.29 is 23.5 Å². The largest absolute Gasteiger partial charge is 0.497 e. The van der Waals surface area contributed by atoms with E-state index in [1.54, 1.807) is 49.6 Å². The van der Waals surface area contributed by atoms with Crippen LogP contribution in [0.25, 0.3) is 6.08 Å². The molecule has 0 N–H and O–H groups in total. The molecule has 0 saturated carbocycles. The first kappa shape index (κ1) is 26.6. The highest BCUT2D eigenvalue weighted by Gasteiger charge is 2.35. The maximum absolute atomic E-state index is 13.5. The third-order valence-corrected chi connectivity index (χ3v) is 7.69. The molecule has 200 valence electrons. The molecule has 5 rings (SSSR count). The van der Waals surface area contributed by atoms with Crippen molar-refractivity contribution in [2.24, 2.45) is 0 Å². The number of hydrogen-bond acceptors (Lipinski definition) is 6. The quantitative estimate of drug-likeness (QED) is 0.388.